The summed E-state index contributed by atoms with van der Waals surface area (Å²) in [5.74, 6) is 0.363. The van der Waals surface area contributed by atoms with Gasteiger partial charge in [-0.1, -0.05) is 0 Å². The Bertz CT molecular complexity index is 316. The van der Waals surface area contributed by atoms with Crippen molar-refractivity contribution >= 4 is 32.8 Å². The van der Waals surface area contributed by atoms with Gasteiger partial charge in [-0.05, 0) is 27.5 Å². The summed E-state index contributed by atoms with van der Waals surface area (Å²) in [7, 11) is 1.47. The first kappa shape index (κ1) is 9.48. The molecule has 0 N–H and O–H groups in total. The lowest BCUT2D eigenvalue weighted by Gasteiger charge is -2.01. The third-order valence-electron chi connectivity index (χ3n) is 1.25. The van der Waals surface area contributed by atoms with Gasteiger partial charge in [-0.3, -0.25) is 4.79 Å². The van der Waals surface area contributed by atoms with Crippen molar-refractivity contribution in [1.82, 2.24) is 4.98 Å². The molecule has 0 spiro atoms. The van der Waals surface area contributed by atoms with Crippen LogP contribution in [-0.4, -0.2) is 17.3 Å². The van der Waals surface area contributed by atoms with E-state index in [-0.39, 0.29) is 0 Å². The highest BCUT2D eigenvalue weighted by molar-refractivity contribution is 9.10. The molecular formula is C7H5BrClNO2. The quantitative estimate of drug-likeness (QED) is 0.756. The average Bonchev–Trinajstić information content (AvgIpc) is 2.05. The van der Waals surface area contributed by atoms with Gasteiger partial charge in [0.25, 0.3) is 5.24 Å². The zero-order chi connectivity index (χ0) is 9.14. The van der Waals surface area contributed by atoms with Gasteiger partial charge in [-0.25, -0.2) is 4.98 Å². The fourth-order valence-electron chi connectivity index (χ4n) is 0.682. The summed E-state index contributed by atoms with van der Waals surface area (Å²) in [5, 5.41) is -0.539. The summed E-state index contributed by atoms with van der Waals surface area (Å²) >= 11 is 8.42. The first-order valence-electron chi connectivity index (χ1n) is 3.04. The Labute approximate surface area is 82.8 Å². The van der Waals surface area contributed by atoms with Gasteiger partial charge in [-0.15, -0.1) is 0 Å². The Balaban J connectivity index is 3.17. The minimum absolute atomic E-state index is 0.350. The number of nitrogens with zero attached hydrogens (tertiary/aromatic N) is 1. The lowest BCUT2D eigenvalue weighted by molar-refractivity contribution is 0.108. The molecule has 0 fully saturated rings. The van der Waals surface area contributed by atoms with Crippen LogP contribution in [0.2, 0.25) is 0 Å². The molecule has 0 atom stereocenters. The summed E-state index contributed by atoms with van der Waals surface area (Å²) < 4.78 is 5.38. The number of carbonyl (C=O) groups excluding carboxylic acids is 1. The molecule has 0 aliphatic heterocycles. The fraction of sp³-hybridized carbons (Fsp3) is 0.143. The number of halogens is 2. The number of methoxy groups -OCH3 is 1. The van der Waals surface area contributed by atoms with Crippen LogP contribution in [0.5, 0.6) is 5.88 Å². The lowest BCUT2D eigenvalue weighted by atomic mass is 10.3. The van der Waals surface area contributed by atoms with E-state index >= 15 is 0 Å². The van der Waals surface area contributed by atoms with Crippen LogP contribution < -0.4 is 4.74 Å². The SMILES string of the molecule is COc1cc(C(=O)Cl)c(Br)cn1. The number of ether oxygens (including phenoxy) is 1. The summed E-state index contributed by atoms with van der Waals surface area (Å²) in [6.07, 6.45) is 1.47. The highest BCUT2D eigenvalue weighted by Crippen LogP contribution is 2.21. The normalized spacial score (nSPS) is 9.58. The number of hydrogen-bond donors (Lipinski definition) is 0. The Hall–Kier alpha value is -0.610. The van der Waals surface area contributed by atoms with Crippen molar-refractivity contribution in [2.75, 3.05) is 7.11 Å². The molecule has 0 bridgehead atoms. The zero-order valence-electron chi connectivity index (χ0n) is 6.17. The first-order chi connectivity index (χ1) is 5.65. The second-order valence-electron chi connectivity index (χ2n) is 1.98. The maximum atomic E-state index is 10.8. The van der Waals surface area contributed by atoms with E-state index in [1.54, 1.807) is 0 Å². The molecule has 1 rings (SSSR count). The molecule has 5 heteroatoms. The van der Waals surface area contributed by atoms with E-state index in [1.165, 1.54) is 19.4 Å². The van der Waals surface area contributed by atoms with Crippen LogP contribution in [0.1, 0.15) is 10.4 Å². The van der Waals surface area contributed by atoms with Crippen molar-refractivity contribution in [3.05, 3.63) is 22.3 Å². The molecule has 0 saturated heterocycles. The molecule has 12 heavy (non-hydrogen) atoms. The van der Waals surface area contributed by atoms with E-state index in [1.807, 2.05) is 0 Å². The van der Waals surface area contributed by atoms with Crippen LogP contribution in [0.25, 0.3) is 0 Å². The summed E-state index contributed by atoms with van der Waals surface area (Å²) in [4.78, 5) is 14.6. The number of carbonyl (C=O) groups is 1. The third kappa shape index (κ3) is 1.95. The van der Waals surface area contributed by atoms with Crippen LogP contribution in [0.4, 0.5) is 0 Å². The van der Waals surface area contributed by atoms with Gasteiger partial charge in [0, 0.05) is 16.7 Å². The Kier molecular flexibility index (Phi) is 3.05. The van der Waals surface area contributed by atoms with Crippen LogP contribution >= 0.6 is 27.5 Å². The smallest absolute Gasteiger partial charge is 0.253 e. The van der Waals surface area contributed by atoms with Gasteiger partial charge >= 0.3 is 0 Å². The molecular weight excluding hydrogens is 245 g/mol. The van der Waals surface area contributed by atoms with Gasteiger partial charge < -0.3 is 4.74 Å². The van der Waals surface area contributed by atoms with Crippen molar-refractivity contribution < 1.29 is 9.53 Å². The minimum atomic E-state index is -0.539. The Morgan fingerprint density at radius 3 is 2.92 bits per heavy atom. The molecule has 0 aromatic carbocycles. The molecule has 1 aromatic rings. The van der Waals surface area contributed by atoms with Crippen molar-refractivity contribution in [2.24, 2.45) is 0 Å². The first-order valence-corrected chi connectivity index (χ1v) is 4.21. The van der Waals surface area contributed by atoms with Crippen molar-refractivity contribution in [1.29, 1.82) is 0 Å². The number of rotatable bonds is 2. The van der Waals surface area contributed by atoms with E-state index in [0.717, 1.165) is 0 Å². The Morgan fingerprint density at radius 1 is 1.75 bits per heavy atom. The minimum Gasteiger partial charge on any atom is -0.481 e. The van der Waals surface area contributed by atoms with Gasteiger partial charge in [0.2, 0.25) is 5.88 Å². The molecule has 1 heterocycles. The standard InChI is InChI=1S/C7H5BrClNO2/c1-12-6-2-4(7(9)11)5(8)3-10-6/h2-3H,1H3. The summed E-state index contributed by atoms with van der Waals surface area (Å²) in [6, 6.07) is 1.47. The third-order valence-corrected chi connectivity index (χ3v) is 2.09. The zero-order valence-corrected chi connectivity index (χ0v) is 8.52. The van der Waals surface area contributed by atoms with E-state index in [4.69, 9.17) is 16.3 Å². The molecule has 0 saturated carbocycles. The largest absolute Gasteiger partial charge is 0.481 e. The predicted molar refractivity (Wildman–Crippen MR) is 48.7 cm³/mol. The molecule has 0 aliphatic rings. The van der Waals surface area contributed by atoms with E-state index < -0.39 is 5.24 Å². The highest BCUT2D eigenvalue weighted by atomic mass is 79.9. The average molecular weight is 250 g/mol. The second-order valence-corrected chi connectivity index (χ2v) is 3.18. The second kappa shape index (κ2) is 3.87. The molecule has 1 aromatic heterocycles. The van der Waals surface area contributed by atoms with Crippen molar-refractivity contribution in [3.8, 4) is 5.88 Å². The highest BCUT2D eigenvalue weighted by Gasteiger charge is 2.08. The van der Waals surface area contributed by atoms with Gasteiger partial charge in [-0.2, -0.15) is 0 Å². The maximum absolute atomic E-state index is 10.8. The molecule has 64 valence electrons. The molecule has 0 radical (unpaired) electrons. The van der Waals surface area contributed by atoms with E-state index in [2.05, 4.69) is 20.9 Å². The number of hydrogen-bond acceptors (Lipinski definition) is 3. The van der Waals surface area contributed by atoms with E-state index in [9.17, 15) is 4.79 Å². The molecule has 3 nitrogen and oxygen atoms in total. The Morgan fingerprint density at radius 2 is 2.42 bits per heavy atom. The van der Waals surface area contributed by atoms with Crippen molar-refractivity contribution in [2.45, 2.75) is 0 Å². The maximum Gasteiger partial charge on any atom is 0.253 e. The molecule has 0 unspecified atom stereocenters. The van der Waals surface area contributed by atoms with Crippen molar-refractivity contribution in [3.63, 3.8) is 0 Å². The number of aromatic nitrogens is 1. The van der Waals surface area contributed by atoms with Gasteiger partial charge in [0.15, 0.2) is 0 Å². The van der Waals surface area contributed by atoms with Crippen LogP contribution in [0.15, 0.2) is 16.7 Å². The topological polar surface area (TPSA) is 39.2 Å². The molecule has 0 aliphatic carbocycles. The van der Waals surface area contributed by atoms with Crippen LogP contribution in [0, 0.1) is 0 Å². The monoisotopic (exact) mass is 249 g/mol. The number of pyridine rings is 1. The van der Waals surface area contributed by atoms with Gasteiger partial charge in [0.05, 0.1) is 12.7 Å². The van der Waals surface area contributed by atoms with Crippen LogP contribution in [-0.2, 0) is 0 Å². The van der Waals surface area contributed by atoms with Crippen LogP contribution in [0.3, 0.4) is 0 Å². The summed E-state index contributed by atoms with van der Waals surface area (Å²) in [6.45, 7) is 0. The summed E-state index contributed by atoms with van der Waals surface area (Å²) in [5.41, 5.74) is 0.350. The van der Waals surface area contributed by atoms with Gasteiger partial charge in [0.1, 0.15) is 0 Å². The molecule has 0 amide bonds. The fourth-order valence-corrected chi connectivity index (χ4v) is 1.35. The lowest BCUT2D eigenvalue weighted by Crippen LogP contribution is -1.94. The van der Waals surface area contributed by atoms with E-state index in [0.29, 0.717) is 15.9 Å². The predicted octanol–water partition coefficient (Wildman–Crippen LogP) is 2.23.